The van der Waals surface area contributed by atoms with Crippen molar-refractivity contribution in [1.29, 1.82) is 0 Å². The molecule has 6 nitrogen and oxygen atoms in total. The minimum absolute atomic E-state index is 0.0823. The fourth-order valence-corrected chi connectivity index (χ4v) is 2.08. The molecule has 0 heterocycles. The van der Waals surface area contributed by atoms with E-state index < -0.39 is 12.0 Å². The first-order valence-corrected chi connectivity index (χ1v) is 7.57. The highest BCUT2D eigenvalue weighted by atomic mass is 16.5. The highest BCUT2D eigenvalue weighted by Gasteiger charge is 2.25. The number of methoxy groups -OCH3 is 1. The lowest BCUT2D eigenvalue weighted by Crippen LogP contribution is -2.50. The fraction of sp³-hybridized carbons (Fsp3) is 0.471. The van der Waals surface area contributed by atoms with Crippen LogP contribution in [0.3, 0.4) is 0 Å². The summed E-state index contributed by atoms with van der Waals surface area (Å²) in [5.74, 6) is -1.08. The van der Waals surface area contributed by atoms with Gasteiger partial charge in [0.05, 0.1) is 13.5 Å². The Morgan fingerprint density at radius 3 is 2.39 bits per heavy atom. The highest BCUT2D eigenvalue weighted by molar-refractivity contribution is 5.98. The molecule has 1 atom stereocenters. The van der Waals surface area contributed by atoms with Gasteiger partial charge in [-0.1, -0.05) is 32.0 Å². The van der Waals surface area contributed by atoms with E-state index in [-0.39, 0.29) is 30.7 Å². The molecule has 0 bridgehead atoms. The molecule has 0 saturated heterocycles. The van der Waals surface area contributed by atoms with Crippen LogP contribution < -0.4 is 10.6 Å². The van der Waals surface area contributed by atoms with E-state index >= 15 is 0 Å². The molecule has 2 amide bonds. The van der Waals surface area contributed by atoms with E-state index in [2.05, 4.69) is 15.4 Å². The van der Waals surface area contributed by atoms with Gasteiger partial charge in [0.1, 0.15) is 6.04 Å². The van der Waals surface area contributed by atoms with Gasteiger partial charge in [-0.15, -0.1) is 0 Å². The Morgan fingerprint density at radius 1 is 1.17 bits per heavy atom. The van der Waals surface area contributed by atoms with Crippen LogP contribution in [0.15, 0.2) is 24.3 Å². The smallest absolute Gasteiger partial charge is 0.307 e. The van der Waals surface area contributed by atoms with Gasteiger partial charge in [0, 0.05) is 12.1 Å². The van der Waals surface area contributed by atoms with Crippen molar-refractivity contribution in [3.8, 4) is 0 Å². The summed E-state index contributed by atoms with van der Waals surface area (Å²) in [6.45, 7) is 5.72. The summed E-state index contributed by atoms with van der Waals surface area (Å²) in [5.41, 5.74) is 1.39. The van der Waals surface area contributed by atoms with Crippen LogP contribution >= 0.6 is 0 Å². The molecule has 1 aromatic rings. The summed E-state index contributed by atoms with van der Waals surface area (Å²) in [4.78, 5) is 35.6. The number of hydrogen-bond donors (Lipinski definition) is 2. The first-order valence-electron chi connectivity index (χ1n) is 7.57. The zero-order chi connectivity index (χ0) is 17.4. The summed E-state index contributed by atoms with van der Waals surface area (Å²) >= 11 is 0. The van der Waals surface area contributed by atoms with Crippen molar-refractivity contribution < 1.29 is 19.1 Å². The number of amides is 2. The SMILES string of the molecule is COC(=O)CCNC(=O)C(NC(=O)c1ccccc1C)C(C)C. The molecule has 0 radical (unpaired) electrons. The Balaban J connectivity index is 2.68. The monoisotopic (exact) mass is 320 g/mol. The van der Waals surface area contributed by atoms with Gasteiger partial charge in [-0.05, 0) is 24.5 Å². The summed E-state index contributed by atoms with van der Waals surface area (Å²) in [7, 11) is 1.30. The zero-order valence-electron chi connectivity index (χ0n) is 14.0. The van der Waals surface area contributed by atoms with Crippen LogP contribution in [0, 0.1) is 12.8 Å². The van der Waals surface area contributed by atoms with Gasteiger partial charge in [0.2, 0.25) is 5.91 Å². The second-order valence-corrected chi connectivity index (χ2v) is 5.63. The highest BCUT2D eigenvalue weighted by Crippen LogP contribution is 2.09. The summed E-state index contributed by atoms with van der Waals surface area (Å²) < 4.78 is 4.52. The molecule has 0 saturated carbocycles. The lowest BCUT2D eigenvalue weighted by Gasteiger charge is -2.22. The van der Waals surface area contributed by atoms with E-state index in [1.165, 1.54) is 7.11 Å². The lowest BCUT2D eigenvalue weighted by atomic mass is 10.0. The predicted molar refractivity (Wildman–Crippen MR) is 86.9 cm³/mol. The number of nitrogens with one attached hydrogen (secondary N) is 2. The zero-order valence-corrected chi connectivity index (χ0v) is 14.0. The Labute approximate surface area is 136 Å². The average Bonchev–Trinajstić information content (AvgIpc) is 2.52. The van der Waals surface area contributed by atoms with Crippen molar-refractivity contribution >= 4 is 17.8 Å². The van der Waals surface area contributed by atoms with Crippen molar-refractivity contribution in [2.45, 2.75) is 33.2 Å². The quantitative estimate of drug-likeness (QED) is 0.744. The number of rotatable bonds is 7. The van der Waals surface area contributed by atoms with E-state index in [4.69, 9.17) is 0 Å². The number of hydrogen-bond acceptors (Lipinski definition) is 4. The van der Waals surface area contributed by atoms with Crippen LogP contribution in [0.5, 0.6) is 0 Å². The first kappa shape index (κ1) is 18.7. The molecular formula is C17H24N2O4. The van der Waals surface area contributed by atoms with E-state index in [0.29, 0.717) is 5.56 Å². The molecule has 0 aliphatic carbocycles. The molecule has 1 rings (SSSR count). The maximum atomic E-state index is 12.3. The Hall–Kier alpha value is -2.37. The average molecular weight is 320 g/mol. The van der Waals surface area contributed by atoms with Gasteiger partial charge >= 0.3 is 5.97 Å². The molecule has 2 N–H and O–H groups in total. The van der Waals surface area contributed by atoms with Gasteiger partial charge in [0.15, 0.2) is 0 Å². The molecule has 0 aromatic heterocycles. The molecule has 1 aromatic carbocycles. The summed E-state index contributed by atoms with van der Waals surface area (Å²) in [6, 6.07) is 6.53. The van der Waals surface area contributed by atoms with Crippen molar-refractivity contribution in [3.05, 3.63) is 35.4 Å². The second-order valence-electron chi connectivity index (χ2n) is 5.63. The summed E-state index contributed by atoms with van der Waals surface area (Å²) in [5, 5.41) is 5.40. The van der Waals surface area contributed by atoms with Gasteiger partial charge in [0.25, 0.3) is 5.91 Å². The van der Waals surface area contributed by atoms with Crippen LogP contribution in [0.4, 0.5) is 0 Å². The van der Waals surface area contributed by atoms with Crippen LogP contribution in [0.2, 0.25) is 0 Å². The standard InChI is InChI=1S/C17H24N2O4/c1-11(2)15(17(22)18-10-9-14(20)23-4)19-16(21)13-8-6-5-7-12(13)3/h5-8,11,15H,9-10H2,1-4H3,(H,18,22)(H,19,21). The maximum absolute atomic E-state index is 12.3. The number of aryl methyl sites for hydroxylation is 1. The summed E-state index contributed by atoms with van der Waals surface area (Å²) in [6.07, 6.45) is 0.0960. The Morgan fingerprint density at radius 2 is 1.83 bits per heavy atom. The molecule has 6 heteroatoms. The number of carbonyl (C=O) groups is 3. The third-order valence-corrected chi connectivity index (χ3v) is 3.48. The van der Waals surface area contributed by atoms with Crippen molar-refractivity contribution in [2.24, 2.45) is 5.92 Å². The molecule has 23 heavy (non-hydrogen) atoms. The molecule has 126 valence electrons. The van der Waals surface area contributed by atoms with Crippen LogP contribution in [-0.4, -0.2) is 37.5 Å². The van der Waals surface area contributed by atoms with Gasteiger partial charge in [-0.2, -0.15) is 0 Å². The minimum atomic E-state index is -0.667. The van der Waals surface area contributed by atoms with Crippen LogP contribution in [0.25, 0.3) is 0 Å². The molecule has 0 spiro atoms. The van der Waals surface area contributed by atoms with E-state index in [0.717, 1.165) is 5.56 Å². The Bertz CT molecular complexity index is 569. The van der Waals surface area contributed by atoms with E-state index in [9.17, 15) is 14.4 Å². The number of benzene rings is 1. The molecule has 0 aliphatic heterocycles. The molecule has 0 aliphatic rings. The van der Waals surface area contributed by atoms with Gasteiger partial charge in [-0.25, -0.2) is 0 Å². The van der Waals surface area contributed by atoms with Crippen LogP contribution in [-0.2, 0) is 14.3 Å². The van der Waals surface area contributed by atoms with Gasteiger partial charge in [-0.3, -0.25) is 14.4 Å². The topological polar surface area (TPSA) is 84.5 Å². The fourth-order valence-electron chi connectivity index (χ4n) is 2.08. The lowest BCUT2D eigenvalue weighted by molar-refractivity contribution is -0.140. The molecule has 1 unspecified atom stereocenters. The molecule has 0 fully saturated rings. The largest absolute Gasteiger partial charge is 0.469 e. The number of ether oxygens (including phenoxy) is 1. The normalized spacial score (nSPS) is 11.7. The number of esters is 1. The van der Waals surface area contributed by atoms with Crippen molar-refractivity contribution in [2.75, 3.05) is 13.7 Å². The second kappa shape index (κ2) is 8.92. The van der Waals surface area contributed by atoms with Crippen molar-refractivity contribution in [3.63, 3.8) is 0 Å². The van der Waals surface area contributed by atoms with Gasteiger partial charge < -0.3 is 15.4 Å². The first-order chi connectivity index (χ1) is 10.9. The minimum Gasteiger partial charge on any atom is -0.469 e. The Kier molecular flexibility index (Phi) is 7.25. The third-order valence-electron chi connectivity index (χ3n) is 3.48. The van der Waals surface area contributed by atoms with E-state index in [1.807, 2.05) is 32.9 Å². The predicted octanol–water partition coefficient (Wildman–Crippen LogP) is 1.43. The van der Waals surface area contributed by atoms with Crippen molar-refractivity contribution in [1.82, 2.24) is 10.6 Å². The van der Waals surface area contributed by atoms with E-state index in [1.54, 1.807) is 12.1 Å². The van der Waals surface area contributed by atoms with Crippen LogP contribution in [0.1, 0.15) is 36.2 Å². The maximum Gasteiger partial charge on any atom is 0.307 e. The number of carbonyl (C=O) groups excluding carboxylic acids is 3. The third kappa shape index (κ3) is 5.73. The molecular weight excluding hydrogens is 296 g/mol.